The van der Waals surface area contributed by atoms with Gasteiger partial charge in [0.25, 0.3) is 0 Å². The van der Waals surface area contributed by atoms with E-state index < -0.39 is 0 Å². The van der Waals surface area contributed by atoms with Crippen LogP contribution in [0.3, 0.4) is 0 Å². The van der Waals surface area contributed by atoms with E-state index in [0.717, 1.165) is 37.5 Å². The smallest absolute Gasteiger partial charge is 0.223 e. The Labute approximate surface area is 108 Å². The molecule has 3 fully saturated rings. The standard InChI is InChI=1S/C14H22ClNO/c15-12-4-2-1-3-5-13(12)16-14(17)11-7-9-6-10(9)8-11/h9-13H,1-8H2,(H,16,17). The van der Waals surface area contributed by atoms with Gasteiger partial charge >= 0.3 is 0 Å². The molecule has 3 aliphatic carbocycles. The Balaban J connectivity index is 1.52. The van der Waals surface area contributed by atoms with Crippen LogP contribution in [0.15, 0.2) is 0 Å². The molecule has 3 rings (SSSR count). The van der Waals surface area contributed by atoms with Crippen LogP contribution in [-0.2, 0) is 4.79 Å². The number of rotatable bonds is 2. The summed E-state index contributed by atoms with van der Waals surface area (Å²) in [6.07, 6.45) is 9.47. The molecule has 0 radical (unpaired) electrons. The van der Waals surface area contributed by atoms with Crippen LogP contribution in [0.25, 0.3) is 0 Å². The quantitative estimate of drug-likeness (QED) is 0.596. The molecule has 4 atom stereocenters. The average molecular weight is 256 g/mol. The summed E-state index contributed by atoms with van der Waals surface area (Å²) in [5.41, 5.74) is 0. The van der Waals surface area contributed by atoms with Crippen molar-refractivity contribution in [2.75, 3.05) is 0 Å². The first-order chi connectivity index (χ1) is 8.24. The van der Waals surface area contributed by atoms with Crippen molar-refractivity contribution in [3.8, 4) is 0 Å². The molecule has 0 heterocycles. The van der Waals surface area contributed by atoms with Gasteiger partial charge in [-0.3, -0.25) is 4.79 Å². The number of hydrogen-bond donors (Lipinski definition) is 1. The molecule has 0 saturated heterocycles. The molecule has 3 heteroatoms. The average Bonchev–Trinajstić information content (AvgIpc) is 2.98. The third-order valence-electron chi connectivity index (χ3n) is 4.87. The van der Waals surface area contributed by atoms with Gasteiger partial charge in [0.2, 0.25) is 5.91 Å². The lowest BCUT2D eigenvalue weighted by Crippen LogP contribution is -2.43. The Morgan fingerprint density at radius 3 is 2.47 bits per heavy atom. The lowest BCUT2D eigenvalue weighted by molar-refractivity contribution is -0.125. The number of nitrogens with one attached hydrogen (secondary N) is 1. The predicted octanol–water partition coefficient (Wildman–Crippen LogP) is 3.09. The third-order valence-corrected chi connectivity index (χ3v) is 5.40. The normalized spacial score (nSPS) is 44.9. The third kappa shape index (κ3) is 2.62. The molecule has 2 nitrogen and oxygen atoms in total. The maximum absolute atomic E-state index is 12.2. The summed E-state index contributed by atoms with van der Waals surface area (Å²) >= 11 is 6.36. The fourth-order valence-electron chi connectivity index (χ4n) is 3.65. The number of carbonyl (C=O) groups excluding carboxylic acids is 1. The molecule has 0 aromatic rings. The highest BCUT2D eigenvalue weighted by Gasteiger charge is 2.48. The molecule has 0 aromatic carbocycles. The van der Waals surface area contributed by atoms with Crippen molar-refractivity contribution in [2.45, 2.75) is 62.8 Å². The highest BCUT2D eigenvalue weighted by molar-refractivity contribution is 6.21. The van der Waals surface area contributed by atoms with E-state index in [-0.39, 0.29) is 17.3 Å². The van der Waals surface area contributed by atoms with Crippen molar-refractivity contribution in [3.05, 3.63) is 0 Å². The monoisotopic (exact) mass is 255 g/mol. The Morgan fingerprint density at radius 2 is 1.71 bits per heavy atom. The van der Waals surface area contributed by atoms with Crippen molar-refractivity contribution in [2.24, 2.45) is 17.8 Å². The van der Waals surface area contributed by atoms with Crippen LogP contribution in [0.4, 0.5) is 0 Å². The van der Waals surface area contributed by atoms with E-state index in [9.17, 15) is 4.79 Å². The Hall–Kier alpha value is -0.240. The van der Waals surface area contributed by atoms with Crippen molar-refractivity contribution in [1.82, 2.24) is 5.32 Å². The van der Waals surface area contributed by atoms with Crippen molar-refractivity contribution >= 4 is 17.5 Å². The van der Waals surface area contributed by atoms with Crippen LogP contribution in [0.5, 0.6) is 0 Å². The van der Waals surface area contributed by atoms with Gasteiger partial charge < -0.3 is 5.32 Å². The molecule has 0 aromatic heterocycles. The second-order valence-electron chi connectivity index (χ2n) is 6.19. The fourth-order valence-corrected chi connectivity index (χ4v) is 4.00. The molecular weight excluding hydrogens is 234 g/mol. The van der Waals surface area contributed by atoms with Gasteiger partial charge in [0.15, 0.2) is 0 Å². The van der Waals surface area contributed by atoms with Crippen molar-refractivity contribution in [3.63, 3.8) is 0 Å². The second-order valence-corrected chi connectivity index (χ2v) is 6.75. The zero-order valence-corrected chi connectivity index (χ0v) is 11.1. The van der Waals surface area contributed by atoms with Crippen LogP contribution in [0, 0.1) is 17.8 Å². The lowest BCUT2D eigenvalue weighted by atomic mass is 10.0. The first-order valence-corrected chi connectivity index (χ1v) is 7.62. The van der Waals surface area contributed by atoms with Gasteiger partial charge in [-0.05, 0) is 43.9 Å². The largest absolute Gasteiger partial charge is 0.352 e. The van der Waals surface area contributed by atoms with E-state index in [2.05, 4.69) is 5.32 Å². The zero-order valence-electron chi connectivity index (χ0n) is 10.3. The molecule has 4 unspecified atom stereocenters. The Morgan fingerprint density at radius 1 is 1.00 bits per heavy atom. The first-order valence-electron chi connectivity index (χ1n) is 7.18. The predicted molar refractivity (Wildman–Crippen MR) is 69.0 cm³/mol. The molecular formula is C14H22ClNO. The number of amides is 1. The number of hydrogen-bond acceptors (Lipinski definition) is 1. The minimum atomic E-state index is 0.150. The van der Waals surface area contributed by atoms with E-state index in [0.29, 0.717) is 5.92 Å². The van der Waals surface area contributed by atoms with Gasteiger partial charge in [-0.15, -0.1) is 11.6 Å². The molecule has 1 N–H and O–H groups in total. The van der Waals surface area contributed by atoms with Crippen molar-refractivity contribution < 1.29 is 4.79 Å². The van der Waals surface area contributed by atoms with Gasteiger partial charge in [-0.1, -0.05) is 19.3 Å². The maximum atomic E-state index is 12.2. The topological polar surface area (TPSA) is 29.1 Å². The summed E-state index contributed by atoms with van der Waals surface area (Å²) in [7, 11) is 0. The van der Waals surface area contributed by atoms with E-state index in [1.54, 1.807) is 0 Å². The molecule has 3 saturated carbocycles. The molecule has 0 spiro atoms. The molecule has 3 aliphatic rings. The lowest BCUT2D eigenvalue weighted by Gasteiger charge is -2.23. The SMILES string of the molecule is O=C(NC1CCCCCC1Cl)C1CC2CC2C1. The number of halogens is 1. The summed E-state index contributed by atoms with van der Waals surface area (Å²) in [4.78, 5) is 12.2. The van der Waals surface area contributed by atoms with E-state index in [1.807, 2.05) is 0 Å². The van der Waals surface area contributed by atoms with Crippen LogP contribution in [-0.4, -0.2) is 17.3 Å². The Bertz CT molecular complexity index is 297. The van der Waals surface area contributed by atoms with Crippen LogP contribution in [0.1, 0.15) is 51.4 Å². The Kier molecular flexibility index (Phi) is 3.34. The van der Waals surface area contributed by atoms with E-state index >= 15 is 0 Å². The van der Waals surface area contributed by atoms with Gasteiger partial charge in [0.1, 0.15) is 0 Å². The first kappa shape index (κ1) is 11.8. The van der Waals surface area contributed by atoms with Crippen LogP contribution in [0.2, 0.25) is 0 Å². The van der Waals surface area contributed by atoms with Crippen molar-refractivity contribution in [1.29, 1.82) is 0 Å². The van der Waals surface area contributed by atoms with Gasteiger partial charge in [0, 0.05) is 12.0 Å². The van der Waals surface area contributed by atoms with Gasteiger partial charge in [-0.25, -0.2) is 0 Å². The van der Waals surface area contributed by atoms with Gasteiger partial charge in [-0.2, -0.15) is 0 Å². The zero-order chi connectivity index (χ0) is 11.8. The number of fused-ring (bicyclic) bond motifs is 1. The second kappa shape index (κ2) is 4.79. The fraction of sp³-hybridized carbons (Fsp3) is 0.929. The molecule has 17 heavy (non-hydrogen) atoms. The molecule has 1 amide bonds. The molecule has 0 aliphatic heterocycles. The summed E-state index contributed by atoms with van der Waals surface area (Å²) < 4.78 is 0. The molecule has 0 bridgehead atoms. The highest BCUT2D eigenvalue weighted by atomic mass is 35.5. The van der Waals surface area contributed by atoms with Crippen LogP contribution < -0.4 is 5.32 Å². The number of alkyl halides is 1. The summed E-state index contributed by atoms with van der Waals surface area (Å²) in [6.45, 7) is 0. The minimum Gasteiger partial charge on any atom is -0.352 e. The molecule has 96 valence electrons. The summed E-state index contributed by atoms with van der Waals surface area (Å²) in [6, 6.07) is 0.226. The van der Waals surface area contributed by atoms with E-state index in [1.165, 1.54) is 25.7 Å². The summed E-state index contributed by atoms with van der Waals surface area (Å²) in [5, 5.41) is 3.37. The highest BCUT2D eigenvalue weighted by Crippen LogP contribution is 2.54. The summed E-state index contributed by atoms with van der Waals surface area (Å²) in [5.74, 6) is 2.35. The van der Waals surface area contributed by atoms with Crippen LogP contribution >= 0.6 is 11.6 Å². The minimum absolute atomic E-state index is 0.150. The van der Waals surface area contributed by atoms with E-state index in [4.69, 9.17) is 11.6 Å². The number of carbonyl (C=O) groups is 1. The maximum Gasteiger partial charge on any atom is 0.223 e. The van der Waals surface area contributed by atoms with Gasteiger partial charge in [0.05, 0.1) is 5.38 Å².